The lowest BCUT2D eigenvalue weighted by Crippen LogP contribution is -2.05. The highest BCUT2D eigenvalue weighted by Crippen LogP contribution is 2.28. The molecule has 0 aliphatic rings. The number of benzene rings is 2. The van der Waals surface area contributed by atoms with Gasteiger partial charge >= 0.3 is 0 Å². The van der Waals surface area contributed by atoms with Crippen molar-refractivity contribution in [3.05, 3.63) is 54.7 Å². The zero-order valence-electron chi connectivity index (χ0n) is 12.7. The van der Waals surface area contributed by atoms with Crippen LogP contribution in [0, 0.1) is 0 Å². The summed E-state index contributed by atoms with van der Waals surface area (Å²) >= 11 is 0. The Balaban J connectivity index is 1.89. The van der Waals surface area contributed by atoms with Crippen LogP contribution in [-0.4, -0.2) is 11.1 Å². The first kappa shape index (κ1) is 14.2. The van der Waals surface area contributed by atoms with Gasteiger partial charge in [-0.3, -0.25) is 0 Å². The lowest BCUT2D eigenvalue weighted by molar-refractivity contribution is 0.242. The molecule has 3 rings (SSSR count). The molecular weight excluding hydrogens is 274 g/mol. The van der Waals surface area contributed by atoms with Crippen molar-refractivity contribution >= 4 is 28.0 Å². The third-order valence-electron chi connectivity index (χ3n) is 3.33. The number of nitrogens with zero attached hydrogens (tertiary/aromatic N) is 1. The number of aromatic nitrogens is 1. The van der Waals surface area contributed by atoms with Crippen LogP contribution in [0.5, 0.6) is 5.75 Å². The number of nitrogen functional groups attached to an aromatic ring is 1. The quantitative estimate of drug-likeness (QED) is 0.702. The smallest absolute Gasteiger partial charge is 0.138 e. The summed E-state index contributed by atoms with van der Waals surface area (Å²) in [5.41, 5.74) is 7.72. The minimum absolute atomic E-state index is 0.168. The first-order valence-electron chi connectivity index (χ1n) is 7.30. The number of nitrogens with one attached hydrogen (secondary N) is 1. The maximum absolute atomic E-state index is 6.01. The summed E-state index contributed by atoms with van der Waals surface area (Å²) < 4.78 is 5.65. The summed E-state index contributed by atoms with van der Waals surface area (Å²) in [6, 6.07) is 15.6. The van der Waals surface area contributed by atoms with E-state index >= 15 is 0 Å². The third-order valence-corrected chi connectivity index (χ3v) is 3.33. The number of rotatable bonds is 4. The fraction of sp³-hybridized carbons (Fsp3) is 0.167. The zero-order chi connectivity index (χ0) is 15.5. The molecule has 0 aliphatic carbocycles. The average molecular weight is 293 g/mol. The summed E-state index contributed by atoms with van der Waals surface area (Å²) in [6.45, 7) is 4.02. The van der Waals surface area contributed by atoms with E-state index in [1.807, 2.05) is 62.4 Å². The summed E-state index contributed by atoms with van der Waals surface area (Å²) in [6.07, 6.45) is 1.93. The molecule has 22 heavy (non-hydrogen) atoms. The van der Waals surface area contributed by atoms with Crippen LogP contribution < -0.4 is 15.8 Å². The first-order valence-corrected chi connectivity index (χ1v) is 7.30. The topological polar surface area (TPSA) is 60.2 Å². The van der Waals surface area contributed by atoms with E-state index in [-0.39, 0.29) is 6.10 Å². The van der Waals surface area contributed by atoms with Crippen molar-refractivity contribution in [1.29, 1.82) is 0 Å². The monoisotopic (exact) mass is 293 g/mol. The van der Waals surface area contributed by atoms with E-state index in [0.717, 1.165) is 33.7 Å². The van der Waals surface area contributed by atoms with Crippen molar-refractivity contribution in [3.8, 4) is 5.75 Å². The number of hydrogen-bond acceptors (Lipinski definition) is 4. The van der Waals surface area contributed by atoms with Gasteiger partial charge in [0.1, 0.15) is 11.6 Å². The van der Waals surface area contributed by atoms with E-state index in [0.29, 0.717) is 0 Å². The van der Waals surface area contributed by atoms with Crippen molar-refractivity contribution < 1.29 is 4.74 Å². The molecule has 0 atom stereocenters. The molecule has 112 valence electrons. The highest BCUT2D eigenvalue weighted by atomic mass is 16.5. The second-order valence-corrected chi connectivity index (χ2v) is 5.42. The number of anilines is 3. The van der Waals surface area contributed by atoms with Crippen molar-refractivity contribution in [3.63, 3.8) is 0 Å². The summed E-state index contributed by atoms with van der Waals surface area (Å²) in [7, 11) is 0. The predicted octanol–water partition coefficient (Wildman–Crippen LogP) is 4.35. The molecule has 0 amide bonds. The number of ether oxygens (including phenoxy) is 1. The second kappa shape index (κ2) is 5.93. The lowest BCUT2D eigenvalue weighted by atomic mass is 10.1. The standard InChI is InChI=1S/C18H19N3O/c1-12(2)22-14-8-6-13(7-9-14)21-18-16-4-3-5-17(19)15(16)10-11-20-18/h3-12H,19H2,1-2H3,(H,20,21). The van der Waals surface area contributed by atoms with Crippen molar-refractivity contribution in [1.82, 2.24) is 4.98 Å². The van der Waals surface area contributed by atoms with Gasteiger partial charge < -0.3 is 15.8 Å². The van der Waals surface area contributed by atoms with Crippen LogP contribution in [0.15, 0.2) is 54.7 Å². The maximum Gasteiger partial charge on any atom is 0.138 e. The Morgan fingerprint density at radius 3 is 2.50 bits per heavy atom. The Labute approximate surface area is 129 Å². The SMILES string of the molecule is CC(C)Oc1ccc(Nc2nccc3c(N)cccc23)cc1. The highest BCUT2D eigenvalue weighted by Gasteiger charge is 2.05. The molecule has 0 unspecified atom stereocenters. The van der Waals surface area contributed by atoms with Crippen LogP contribution in [0.2, 0.25) is 0 Å². The molecule has 1 heterocycles. The summed E-state index contributed by atoms with van der Waals surface area (Å²) in [4.78, 5) is 4.42. The molecule has 1 aromatic heterocycles. The van der Waals surface area contributed by atoms with Crippen LogP contribution in [0.4, 0.5) is 17.2 Å². The fourth-order valence-corrected chi connectivity index (χ4v) is 2.36. The lowest BCUT2D eigenvalue weighted by Gasteiger charge is -2.12. The number of fused-ring (bicyclic) bond motifs is 1. The molecule has 2 aromatic carbocycles. The van der Waals surface area contributed by atoms with Gasteiger partial charge in [0.15, 0.2) is 0 Å². The predicted molar refractivity (Wildman–Crippen MR) is 91.6 cm³/mol. The summed E-state index contributed by atoms with van der Waals surface area (Å²) in [5.74, 6) is 1.65. The molecular formula is C18H19N3O. The molecule has 0 bridgehead atoms. The van der Waals surface area contributed by atoms with Crippen LogP contribution >= 0.6 is 0 Å². The van der Waals surface area contributed by atoms with E-state index in [4.69, 9.17) is 10.5 Å². The van der Waals surface area contributed by atoms with E-state index in [1.54, 1.807) is 6.20 Å². The molecule has 0 spiro atoms. The Kier molecular flexibility index (Phi) is 3.83. The van der Waals surface area contributed by atoms with Gasteiger partial charge in [-0.1, -0.05) is 12.1 Å². The maximum atomic E-state index is 6.01. The molecule has 4 nitrogen and oxygen atoms in total. The van der Waals surface area contributed by atoms with Crippen LogP contribution in [0.3, 0.4) is 0 Å². The average Bonchev–Trinajstić information content (AvgIpc) is 2.50. The van der Waals surface area contributed by atoms with Gasteiger partial charge in [0.2, 0.25) is 0 Å². The zero-order valence-corrected chi connectivity index (χ0v) is 12.7. The van der Waals surface area contributed by atoms with Crippen molar-refractivity contribution in [2.75, 3.05) is 11.1 Å². The Morgan fingerprint density at radius 2 is 1.77 bits per heavy atom. The minimum atomic E-state index is 0.168. The van der Waals surface area contributed by atoms with Crippen LogP contribution in [-0.2, 0) is 0 Å². The van der Waals surface area contributed by atoms with Gasteiger partial charge in [-0.25, -0.2) is 4.98 Å². The van der Waals surface area contributed by atoms with Gasteiger partial charge in [0, 0.05) is 28.3 Å². The Bertz CT molecular complexity index is 782. The van der Waals surface area contributed by atoms with Gasteiger partial charge in [0.05, 0.1) is 6.10 Å². The highest BCUT2D eigenvalue weighted by molar-refractivity contribution is 5.99. The van der Waals surface area contributed by atoms with Crippen molar-refractivity contribution in [2.24, 2.45) is 0 Å². The number of hydrogen-bond donors (Lipinski definition) is 2. The molecule has 3 N–H and O–H groups in total. The van der Waals surface area contributed by atoms with Gasteiger partial charge in [-0.2, -0.15) is 0 Å². The first-order chi connectivity index (χ1) is 10.6. The molecule has 0 fully saturated rings. The van der Waals surface area contributed by atoms with Crippen LogP contribution in [0.1, 0.15) is 13.8 Å². The Hall–Kier alpha value is -2.75. The van der Waals surface area contributed by atoms with Crippen molar-refractivity contribution in [2.45, 2.75) is 20.0 Å². The Morgan fingerprint density at radius 1 is 1.00 bits per heavy atom. The largest absolute Gasteiger partial charge is 0.491 e. The van der Waals surface area contributed by atoms with Crippen LogP contribution in [0.25, 0.3) is 10.8 Å². The molecule has 0 saturated heterocycles. The third kappa shape index (κ3) is 2.96. The van der Waals surface area contributed by atoms with E-state index in [9.17, 15) is 0 Å². The van der Waals surface area contributed by atoms with Gasteiger partial charge in [0.25, 0.3) is 0 Å². The molecule has 4 heteroatoms. The normalized spacial score (nSPS) is 10.9. The second-order valence-electron chi connectivity index (χ2n) is 5.42. The molecule has 3 aromatic rings. The van der Waals surface area contributed by atoms with Gasteiger partial charge in [-0.15, -0.1) is 0 Å². The molecule has 0 radical (unpaired) electrons. The molecule has 0 saturated carbocycles. The minimum Gasteiger partial charge on any atom is -0.491 e. The van der Waals surface area contributed by atoms with E-state index in [1.165, 1.54) is 0 Å². The number of nitrogens with two attached hydrogens (primary N) is 1. The van der Waals surface area contributed by atoms with E-state index < -0.39 is 0 Å². The molecule has 0 aliphatic heterocycles. The number of pyridine rings is 1. The van der Waals surface area contributed by atoms with Gasteiger partial charge in [-0.05, 0) is 50.2 Å². The fourth-order valence-electron chi connectivity index (χ4n) is 2.36. The van der Waals surface area contributed by atoms with E-state index in [2.05, 4.69) is 10.3 Å². The summed E-state index contributed by atoms with van der Waals surface area (Å²) in [5, 5.41) is 5.34.